The Morgan fingerprint density at radius 1 is 1.03 bits per heavy atom. The van der Waals surface area contributed by atoms with E-state index in [9.17, 15) is 26.4 Å². The molecular weight excluding hydrogens is 517 g/mol. The Labute approximate surface area is 219 Å². The van der Waals surface area contributed by atoms with Crippen LogP contribution in [0.1, 0.15) is 41.5 Å². The lowest BCUT2D eigenvalue weighted by Gasteiger charge is -2.23. The molecule has 0 aliphatic carbocycles. The van der Waals surface area contributed by atoms with Crippen molar-refractivity contribution in [3.8, 4) is 11.8 Å². The number of ketones is 1. The zero-order valence-electron chi connectivity index (χ0n) is 20.3. The molecular formula is C28H25F3N2O4S. The lowest BCUT2D eigenvalue weighted by atomic mass is 10.0. The zero-order chi connectivity index (χ0) is 27.3. The Hall–Kier alpha value is -3.68. The van der Waals surface area contributed by atoms with E-state index in [-0.39, 0.29) is 30.3 Å². The van der Waals surface area contributed by atoms with Gasteiger partial charge in [-0.3, -0.25) is 4.79 Å². The summed E-state index contributed by atoms with van der Waals surface area (Å²) in [5.74, 6) is 0.344. The lowest BCUT2D eigenvalue weighted by Crippen LogP contribution is -2.40. The average Bonchev–Trinajstić information content (AvgIpc) is 3.42. The monoisotopic (exact) mass is 542 g/mol. The van der Waals surface area contributed by atoms with Gasteiger partial charge in [-0.25, -0.2) is 8.42 Å². The fourth-order valence-electron chi connectivity index (χ4n) is 4.37. The van der Waals surface area contributed by atoms with Gasteiger partial charge in [0.05, 0.1) is 28.1 Å². The van der Waals surface area contributed by atoms with Crippen molar-refractivity contribution in [2.24, 2.45) is 0 Å². The van der Waals surface area contributed by atoms with Gasteiger partial charge in [-0.2, -0.15) is 22.7 Å². The summed E-state index contributed by atoms with van der Waals surface area (Å²) < 4.78 is 71.4. The Morgan fingerprint density at radius 3 is 2.39 bits per heavy atom. The summed E-state index contributed by atoms with van der Waals surface area (Å²) in [6.07, 6.45) is -2.83. The van der Waals surface area contributed by atoms with E-state index in [1.807, 2.05) is 12.1 Å². The Balaban J connectivity index is 1.35. The average molecular weight is 543 g/mol. The van der Waals surface area contributed by atoms with Gasteiger partial charge >= 0.3 is 6.18 Å². The Bertz CT molecular complexity index is 1430. The Morgan fingerprint density at radius 2 is 1.74 bits per heavy atom. The van der Waals surface area contributed by atoms with E-state index >= 15 is 0 Å². The highest BCUT2D eigenvalue weighted by Gasteiger charge is 2.38. The van der Waals surface area contributed by atoms with Gasteiger partial charge in [0.15, 0.2) is 5.78 Å². The summed E-state index contributed by atoms with van der Waals surface area (Å²) in [7, 11) is -3.87. The number of aryl methyl sites for hydroxylation is 1. The molecule has 198 valence electrons. The van der Waals surface area contributed by atoms with Gasteiger partial charge in [-0.05, 0) is 78.9 Å². The molecule has 0 spiro atoms. The van der Waals surface area contributed by atoms with Gasteiger partial charge in [-0.15, -0.1) is 0 Å². The van der Waals surface area contributed by atoms with Crippen LogP contribution in [0.2, 0.25) is 0 Å². The van der Waals surface area contributed by atoms with Gasteiger partial charge in [0.1, 0.15) is 12.4 Å². The van der Waals surface area contributed by atoms with Crippen LogP contribution in [-0.4, -0.2) is 31.1 Å². The highest BCUT2D eigenvalue weighted by molar-refractivity contribution is 7.89. The van der Waals surface area contributed by atoms with Crippen LogP contribution in [0.25, 0.3) is 0 Å². The number of carbonyl (C=O) groups excluding carboxylic acids is 1. The molecule has 0 amide bonds. The van der Waals surface area contributed by atoms with Crippen molar-refractivity contribution in [2.45, 2.75) is 49.4 Å². The molecule has 1 saturated heterocycles. The smallest absolute Gasteiger partial charge is 0.416 e. The number of nitriles is 1. The van der Waals surface area contributed by atoms with Gasteiger partial charge in [0.25, 0.3) is 0 Å². The predicted octanol–water partition coefficient (Wildman–Crippen LogP) is 5.51. The summed E-state index contributed by atoms with van der Waals surface area (Å²) in [5, 5.41) is 8.95. The van der Waals surface area contributed by atoms with Gasteiger partial charge < -0.3 is 4.74 Å². The van der Waals surface area contributed by atoms with Crippen LogP contribution in [0.4, 0.5) is 13.2 Å². The summed E-state index contributed by atoms with van der Waals surface area (Å²) >= 11 is 0. The molecule has 1 atom stereocenters. The van der Waals surface area contributed by atoms with E-state index < -0.39 is 27.8 Å². The van der Waals surface area contributed by atoms with E-state index in [0.717, 1.165) is 17.7 Å². The summed E-state index contributed by atoms with van der Waals surface area (Å²) in [6, 6.07) is 18.7. The SMILES string of the molecule is N#Cc1ccc(S(=O)(=O)N2CCC[C@H]2C(=O)CCc2cccc(OCc3ccc(C(F)(F)F)cc3)c2)cc1. The third-order valence-corrected chi connectivity index (χ3v) is 8.33. The minimum atomic E-state index is -4.39. The topological polar surface area (TPSA) is 87.5 Å². The maximum absolute atomic E-state index is 13.1. The minimum absolute atomic E-state index is 0.0501. The van der Waals surface area contributed by atoms with Gasteiger partial charge in [-0.1, -0.05) is 24.3 Å². The highest BCUT2D eigenvalue weighted by atomic mass is 32.2. The Kier molecular flexibility index (Phi) is 8.19. The molecule has 3 aromatic carbocycles. The van der Waals surface area contributed by atoms with Gasteiger partial charge in [0.2, 0.25) is 10.0 Å². The van der Waals surface area contributed by atoms with Crippen LogP contribution in [0.3, 0.4) is 0 Å². The fraction of sp³-hybridized carbons (Fsp3) is 0.286. The van der Waals surface area contributed by atoms with E-state index in [1.54, 1.807) is 18.2 Å². The molecule has 3 aromatic rings. The number of alkyl halides is 3. The first-order chi connectivity index (χ1) is 18.1. The molecule has 1 aliphatic heterocycles. The predicted molar refractivity (Wildman–Crippen MR) is 134 cm³/mol. The number of halogens is 3. The van der Waals surface area contributed by atoms with Crippen molar-refractivity contribution in [1.82, 2.24) is 4.31 Å². The molecule has 10 heteroatoms. The molecule has 1 heterocycles. The largest absolute Gasteiger partial charge is 0.489 e. The molecule has 0 radical (unpaired) electrons. The second kappa shape index (κ2) is 11.4. The quantitative estimate of drug-likeness (QED) is 0.356. The second-order valence-electron chi connectivity index (χ2n) is 9.01. The standard InChI is InChI=1S/C28H25F3N2O4S/c29-28(30,31)23-11-6-22(7-12-23)19-37-24-4-1-3-20(17-24)10-15-27(34)26-5-2-16-33(26)38(35,36)25-13-8-21(18-32)9-14-25/h1,3-4,6-9,11-14,17,26H,2,5,10,15-16,19H2/t26-/m0/s1. The van der Waals surface area contributed by atoms with E-state index in [0.29, 0.717) is 36.1 Å². The first-order valence-corrected chi connectivity index (χ1v) is 13.4. The maximum atomic E-state index is 13.1. The van der Waals surface area contributed by atoms with Crippen LogP contribution in [0.5, 0.6) is 5.75 Å². The number of hydrogen-bond acceptors (Lipinski definition) is 5. The normalized spacial score (nSPS) is 16.2. The minimum Gasteiger partial charge on any atom is -0.489 e. The van der Waals surface area contributed by atoms with E-state index in [1.165, 1.54) is 40.7 Å². The van der Waals surface area contributed by atoms with Crippen LogP contribution in [0, 0.1) is 11.3 Å². The molecule has 0 N–H and O–H groups in total. The third-order valence-electron chi connectivity index (χ3n) is 6.41. The summed E-state index contributed by atoms with van der Waals surface area (Å²) in [6.45, 7) is 0.344. The van der Waals surface area contributed by atoms with Crippen molar-refractivity contribution >= 4 is 15.8 Å². The number of hydrogen-bond donors (Lipinski definition) is 0. The van der Waals surface area contributed by atoms with Crippen molar-refractivity contribution in [3.63, 3.8) is 0 Å². The fourth-order valence-corrected chi connectivity index (χ4v) is 6.05. The van der Waals surface area contributed by atoms with E-state index in [4.69, 9.17) is 10.00 Å². The molecule has 1 aliphatic rings. The number of benzene rings is 3. The van der Waals surface area contributed by atoms with E-state index in [2.05, 4.69) is 0 Å². The number of Topliss-reactive ketones (excluding diaryl/α,β-unsaturated/α-hetero) is 1. The van der Waals surface area contributed by atoms with Crippen LogP contribution in [-0.2, 0) is 34.0 Å². The number of sulfonamides is 1. The summed E-state index contributed by atoms with van der Waals surface area (Å²) in [4.78, 5) is 13.1. The third kappa shape index (κ3) is 6.41. The number of rotatable bonds is 9. The van der Waals surface area contributed by atoms with Crippen molar-refractivity contribution < 1.29 is 31.1 Å². The molecule has 0 aromatic heterocycles. The number of ether oxygens (including phenoxy) is 1. The van der Waals surface area contributed by atoms with Gasteiger partial charge in [0, 0.05) is 13.0 Å². The molecule has 0 unspecified atom stereocenters. The molecule has 38 heavy (non-hydrogen) atoms. The molecule has 4 rings (SSSR count). The van der Waals surface area contributed by atoms with Crippen LogP contribution < -0.4 is 4.74 Å². The first-order valence-electron chi connectivity index (χ1n) is 12.0. The zero-order valence-corrected chi connectivity index (χ0v) is 21.1. The number of carbonyl (C=O) groups is 1. The van der Waals surface area contributed by atoms with Crippen molar-refractivity contribution in [1.29, 1.82) is 5.26 Å². The lowest BCUT2D eigenvalue weighted by molar-refractivity contribution is -0.137. The molecule has 0 bridgehead atoms. The first kappa shape index (κ1) is 27.4. The highest BCUT2D eigenvalue weighted by Crippen LogP contribution is 2.30. The van der Waals surface area contributed by atoms with Crippen molar-refractivity contribution in [2.75, 3.05) is 6.54 Å². The number of nitrogens with zero attached hydrogens (tertiary/aromatic N) is 2. The molecule has 6 nitrogen and oxygen atoms in total. The molecule has 0 saturated carbocycles. The maximum Gasteiger partial charge on any atom is 0.416 e. The van der Waals surface area contributed by atoms with Crippen LogP contribution in [0.15, 0.2) is 77.7 Å². The second-order valence-corrected chi connectivity index (χ2v) is 10.9. The van der Waals surface area contributed by atoms with Crippen LogP contribution >= 0.6 is 0 Å². The molecule has 1 fully saturated rings. The summed E-state index contributed by atoms with van der Waals surface area (Å²) in [5.41, 5.74) is 1.04. The van der Waals surface area contributed by atoms with Crippen molar-refractivity contribution in [3.05, 3.63) is 95.1 Å².